The number of ether oxygens (including phenoxy) is 1. The van der Waals surface area contributed by atoms with E-state index in [0.717, 1.165) is 16.1 Å². The summed E-state index contributed by atoms with van der Waals surface area (Å²) < 4.78 is 4.84. The summed E-state index contributed by atoms with van der Waals surface area (Å²) in [5.74, 6) is -0.385. The van der Waals surface area contributed by atoms with Gasteiger partial charge in [-0.1, -0.05) is 35.6 Å². The molecule has 0 aliphatic rings. The molecule has 0 radical (unpaired) electrons. The first-order valence-corrected chi connectivity index (χ1v) is 9.35. The van der Waals surface area contributed by atoms with E-state index < -0.39 is 0 Å². The number of benzene rings is 1. The molecular weight excluding hydrogens is 346 g/mol. The van der Waals surface area contributed by atoms with Crippen molar-refractivity contribution in [3.05, 3.63) is 29.8 Å². The van der Waals surface area contributed by atoms with Gasteiger partial charge in [0.1, 0.15) is 5.01 Å². The summed E-state index contributed by atoms with van der Waals surface area (Å²) in [5.41, 5.74) is 2.10. The summed E-state index contributed by atoms with van der Waals surface area (Å²) in [6.07, 6.45) is 0. The van der Waals surface area contributed by atoms with Crippen LogP contribution in [-0.4, -0.2) is 39.7 Å². The maximum atomic E-state index is 12.2. The minimum Gasteiger partial charge on any atom is -0.465 e. The molecule has 1 heterocycles. The van der Waals surface area contributed by atoms with E-state index in [1.807, 2.05) is 31.2 Å². The Bertz CT molecular complexity index is 718. The molecule has 1 aromatic carbocycles. The van der Waals surface area contributed by atoms with Crippen molar-refractivity contribution >= 4 is 40.1 Å². The molecule has 24 heavy (non-hydrogen) atoms. The Balaban J connectivity index is 1.93. The number of rotatable bonds is 7. The van der Waals surface area contributed by atoms with Crippen molar-refractivity contribution in [2.75, 3.05) is 17.7 Å². The maximum Gasteiger partial charge on any atom is 0.315 e. The molecule has 0 spiro atoms. The molecular formula is C16H19N3O3S2. The molecule has 8 heteroatoms. The molecule has 128 valence electrons. The lowest BCUT2D eigenvalue weighted by atomic mass is 10.1. The number of esters is 1. The quantitative estimate of drug-likeness (QED) is 0.759. The van der Waals surface area contributed by atoms with Crippen LogP contribution in [0.25, 0.3) is 10.6 Å². The highest BCUT2D eigenvalue weighted by atomic mass is 32.2. The zero-order chi connectivity index (χ0) is 17.5. The monoisotopic (exact) mass is 365 g/mol. The second-order valence-corrected chi connectivity index (χ2v) is 7.28. The van der Waals surface area contributed by atoms with Gasteiger partial charge in [0.05, 0.1) is 17.6 Å². The number of aryl methyl sites for hydroxylation is 1. The maximum absolute atomic E-state index is 12.2. The number of anilines is 1. The minimum atomic E-state index is -0.389. The van der Waals surface area contributed by atoms with Gasteiger partial charge in [-0.05, 0) is 26.3 Å². The van der Waals surface area contributed by atoms with Crippen LogP contribution < -0.4 is 5.32 Å². The first-order chi connectivity index (χ1) is 11.5. The van der Waals surface area contributed by atoms with Crippen LogP contribution in [0.2, 0.25) is 0 Å². The van der Waals surface area contributed by atoms with E-state index in [2.05, 4.69) is 15.5 Å². The Hall–Kier alpha value is -1.93. The van der Waals surface area contributed by atoms with Gasteiger partial charge in [0, 0.05) is 5.56 Å². The molecule has 1 N–H and O–H groups in total. The van der Waals surface area contributed by atoms with Crippen LogP contribution in [0.15, 0.2) is 24.3 Å². The normalized spacial score (nSPS) is 11.8. The lowest BCUT2D eigenvalue weighted by molar-refractivity contribution is -0.139. The molecule has 1 atom stereocenters. The summed E-state index contributed by atoms with van der Waals surface area (Å²) in [5, 5.41) is 11.7. The Morgan fingerprint density at radius 2 is 2.08 bits per heavy atom. The van der Waals surface area contributed by atoms with Gasteiger partial charge in [-0.25, -0.2) is 0 Å². The van der Waals surface area contributed by atoms with Crippen molar-refractivity contribution in [2.45, 2.75) is 26.0 Å². The van der Waals surface area contributed by atoms with Crippen LogP contribution in [0.3, 0.4) is 0 Å². The third-order valence-electron chi connectivity index (χ3n) is 3.16. The molecule has 1 aromatic heterocycles. The Morgan fingerprint density at radius 1 is 1.33 bits per heavy atom. The van der Waals surface area contributed by atoms with E-state index in [1.165, 1.54) is 23.1 Å². The molecule has 0 saturated heterocycles. The van der Waals surface area contributed by atoms with E-state index in [0.29, 0.717) is 11.7 Å². The number of thioether (sulfide) groups is 1. The van der Waals surface area contributed by atoms with Crippen LogP contribution >= 0.6 is 23.1 Å². The predicted molar refractivity (Wildman–Crippen MR) is 97.3 cm³/mol. The molecule has 2 aromatic rings. The summed E-state index contributed by atoms with van der Waals surface area (Å²) in [6, 6.07) is 7.88. The molecule has 0 aliphatic carbocycles. The Labute approximate surface area is 149 Å². The zero-order valence-electron chi connectivity index (χ0n) is 13.7. The highest BCUT2D eigenvalue weighted by molar-refractivity contribution is 8.01. The molecule has 1 amide bonds. The van der Waals surface area contributed by atoms with E-state index in [9.17, 15) is 9.59 Å². The van der Waals surface area contributed by atoms with Gasteiger partial charge in [0.2, 0.25) is 11.0 Å². The van der Waals surface area contributed by atoms with E-state index in [1.54, 1.807) is 13.8 Å². The van der Waals surface area contributed by atoms with Crippen LogP contribution in [0.1, 0.15) is 19.4 Å². The largest absolute Gasteiger partial charge is 0.465 e. The van der Waals surface area contributed by atoms with Crippen molar-refractivity contribution in [1.29, 1.82) is 0 Å². The number of hydrogen-bond donors (Lipinski definition) is 1. The van der Waals surface area contributed by atoms with Gasteiger partial charge >= 0.3 is 5.97 Å². The third kappa shape index (κ3) is 5.04. The zero-order valence-corrected chi connectivity index (χ0v) is 15.4. The first kappa shape index (κ1) is 18.4. The molecule has 0 fully saturated rings. The number of carbonyl (C=O) groups is 2. The SMILES string of the molecule is CCOC(=O)CS[C@@H](C)C(=O)Nc1nnc(-c2ccccc2C)s1. The second-order valence-electron chi connectivity index (χ2n) is 4.97. The number of nitrogens with one attached hydrogen (secondary N) is 1. The number of nitrogens with zero attached hydrogens (tertiary/aromatic N) is 2. The van der Waals surface area contributed by atoms with Crippen molar-refractivity contribution < 1.29 is 14.3 Å². The van der Waals surface area contributed by atoms with Gasteiger partial charge in [0.15, 0.2) is 0 Å². The van der Waals surface area contributed by atoms with Crippen molar-refractivity contribution in [2.24, 2.45) is 0 Å². The fraction of sp³-hybridized carbons (Fsp3) is 0.375. The second kappa shape index (κ2) is 8.79. The summed E-state index contributed by atoms with van der Waals surface area (Å²) in [4.78, 5) is 23.5. The number of aromatic nitrogens is 2. The van der Waals surface area contributed by atoms with E-state index in [-0.39, 0.29) is 22.9 Å². The van der Waals surface area contributed by atoms with E-state index >= 15 is 0 Å². The summed E-state index contributed by atoms with van der Waals surface area (Å²) in [7, 11) is 0. The average molecular weight is 365 g/mol. The smallest absolute Gasteiger partial charge is 0.315 e. The highest BCUT2D eigenvalue weighted by Crippen LogP contribution is 2.29. The molecule has 0 unspecified atom stereocenters. The van der Waals surface area contributed by atoms with Crippen LogP contribution in [0, 0.1) is 6.92 Å². The van der Waals surface area contributed by atoms with E-state index in [4.69, 9.17) is 4.74 Å². The van der Waals surface area contributed by atoms with Gasteiger partial charge in [-0.3, -0.25) is 14.9 Å². The van der Waals surface area contributed by atoms with Crippen LogP contribution in [0.4, 0.5) is 5.13 Å². The van der Waals surface area contributed by atoms with Crippen LogP contribution in [-0.2, 0) is 14.3 Å². The average Bonchev–Trinajstić information content (AvgIpc) is 3.01. The van der Waals surface area contributed by atoms with Crippen molar-refractivity contribution in [1.82, 2.24) is 10.2 Å². The highest BCUT2D eigenvalue weighted by Gasteiger charge is 2.18. The predicted octanol–water partition coefficient (Wildman–Crippen LogP) is 3.14. The van der Waals surface area contributed by atoms with Gasteiger partial charge in [-0.2, -0.15) is 0 Å². The molecule has 0 bridgehead atoms. The molecule has 0 saturated carbocycles. The number of carbonyl (C=O) groups excluding carboxylic acids is 2. The van der Waals surface area contributed by atoms with Crippen molar-refractivity contribution in [3.63, 3.8) is 0 Å². The van der Waals surface area contributed by atoms with Gasteiger partial charge in [0.25, 0.3) is 0 Å². The lowest BCUT2D eigenvalue weighted by Crippen LogP contribution is -2.24. The van der Waals surface area contributed by atoms with Gasteiger partial charge in [-0.15, -0.1) is 22.0 Å². The Morgan fingerprint density at radius 3 is 2.79 bits per heavy atom. The fourth-order valence-electron chi connectivity index (χ4n) is 1.87. The van der Waals surface area contributed by atoms with Gasteiger partial charge < -0.3 is 4.74 Å². The molecule has 0 aliphatic heterocycles. The summed E-state index contributed by atoms with van der Waals surface area (Å²) in [6.45, 7) is 5.83. The lowest BCUT2D eigenvalue weighted by Gasteiger charge is -2.09. The Kier molecular flexibility index (Phi) is 6.74. The molecule has 6 nitrogen and oxygen atoms in total. The number of hydrogen-bond acceptors (Lipinski definition) is 7. The standard InChI is InChI=1S/C16H19N3O3S2/c1-4-22-13(20)9-23-11(3)14(21)17-16-19-18-15(24-16)12-8-6-5-7-10(12)2/h5-8,11H,4,9H2,1-3H3,(H,17,19,21)/t11-/m0/s1. The summed E-state index contributed by atoms with van der Waals surface area (Å²) >= 11 is 2.55. The third-order valence-corrected chi connectivity index (χ3v) is 5.14. The fourth-order valence-corrected chi connectivity index (χ4v) is 3.39. The minimum absolute atomic E-state index is 0.146. The van der Waals surface area contributed by atoms with Crippen LogP contribution in [0.5, 0.6) is 0 Å². The van der Waals surface area contributed by atoms with Crippen molar-refractivity contribution in [3.8, 4) is 10.6 Å². The first-order valence-electron chi connectivity index (χ1n) is 7.48. The number of amides is 1. The topological polar surface area (TPSA) is 81.2 Å². The molecule has 2 rings (SSSR count).